The summed E-state index contributed by atoms with van der Waals surface area (Å²) in [6, 6.07) is 7.18. The zero-order valence-electron chi connectivity index (χ0n) is 21.0. The first kappa shape index (κ1) is 25.1. The Balaban J connectivity index is 1.33. The maximum absolute atomic E-state index is 13.4. The molecule has 2 aromatic rings. The Labute approximate surface area is 212 Å². The van der Waals surface area contributed by atoms with Crippen molar-refractivity contribution in [2.75, 3.05) is 52.5 Å². The van der Waals surface area contributed by atoms with Crippen molar-refractivity contribution in [1.82, 2.24) is 24.7 Å². The molecule has 2 fully saturated rings. The second kappa shape index (κ2) is 11.2. The van der Waals surface area contributed by atoms with Gasteiger partial charge in [-0.1, -0.05) is 13.0 Å². The van der Waals surface area contributed by atoms with Crippen molar-refractivity contribution in [3.8, 4) is 11.1 Å². The highest BCUT2D eigenvalue weighted by Crippen LogP contribution is 2.49. The average Bonchev–Trinajstić information content (AvgIpc) is 3.43. The van der Waals surface area contributed by atoms with Crippen molar-refractivity contribution < 1.29 is 14.6 Å². The van der Waals surface area contributed by atoms with Crippen LogP contribution in [0.3, 0.4) is 0 Å². The number of likely N-dealkylation sites (tertiary alicyclic amines) is 1. The Morgan fingerprint density at radius 1 is 1.22 bits per heavy atom. The zero-order valence-corrected chi connectivity index (χ0v) is 21.0. The molecule has 3 aliphatic heterocycles. The Hall–Kier alpha value is -2.59. The SMILES string of the molecule is CCCN1[C@@H]2c3ccc(-c4cccnc4)c(=O)n3C[C@@H]2[C@@H](CO)[C@@H]1C(=O)NCCCN1CCOCC1. The van der Waals surface area contributed by atoms with E-state index in [9.17, 15) is 14.7 Å². The van der Waals surface area contributed by atoms with Crippen LogP contribution < -0.4 is 10.9 Å². The fourth-order valence-electron chi connectivity index (χ4n) is 6.31. The Morgan fingerprint density at radius 3 is 2.78 bits per heavy atom. The number of morpholine rings is 1. The summed E-state index contributed by atoms with van der Waals surface area (Å²) in [5.74, 6) is -0.218. The van der Waals surface area contributed by atoms with Crippen LogP contribution in [0, 0.1) is 11.8 Å². The summed E-state index contributed by atoms with van der Waals surface area (Å²) in [4.78, 5) is 35.6. The van der Waals surface area contributed by atoms with Crippen LogP contribution in [0.15, 0.2) is 41.5 Å². The van der Waals surface area contributed by atoms with Gasteiger partial charge in [-0.3, -0.25) is 24.4 Å². The number of pyridine rings is 2. The number of aromatic nitrogens is 2. The average molecular weight is 496 g/mol. The van der Waals surface area contributed by atoms with E-state index in [1.807, 2.05) is 28.8 Å². The van der Waals surface area contributed by atoms with Gasteiger partial charge in [0.25, 0.3) is 5.56 Å². The summed E-state index contributed by atoms with van der Waals surface area (Å²) in [5, 5.41) is 13.6. The molecule has 0 spiro atoms. The third kappa shape index (κ3) is 4.72. The first-order chi connectivity index (χ1) is 17.6. The molecular formula is C27H37N5O4. The fourth-order valence-corrected chi connectivity index (χ4v) is 6.31. The number of aliphatic hydroxyl groups is 1. The smallest absolute Gasteiger partial charge is 0.258 e. The zero-order chi connectivity index (χ0) is 25.1. The van der Waals surface area contributed by atoms with Crippen LogP contribution in [0.5, 0.6) is 0 Å². The molecule has 1 amide bonds. The summed E-state index contributed by atoms with van der Waals surface area (Å²) in [7, 11) is 0. The normalized spacial score (nSPS) is 26.1. The number of amides is 1. The highest BCUT2D eigenvalue weighted by Gasteiger charge is 2.55. The van der Waals surface area contributed by atoms with Gasteiger partial charge in [0, 0.05) is 73.8 Å². The molecule has 5 rings (SSSR count). The molecule has 5 heterocycles. The van der Waals surface area contributed by atoms with Crippen LogP contribution in [-0.2, 0) is 16.1 Å². The van der Waals surface area contributed by atoms with Crippen molar-refractivity contribution in [2.45, 2.75) is 38.4 Å². The summed E-state index contributed by atoms with van der Waals surface area (Å²) >= 11 is 0. The Kier molecular flexibility index (Phi) is 7.81. The number of carbonyl (C=O) groups is 1. The first-order valence-electron chi connectivity index (χ1n) is 13.2. The van der Waals surface area contributed by atoms with Crippen LogP contribution in [0.1, 0.15) is 31.5 Å². The van der Waals surface area contributed by atoms with Crippen LogP contribution in [0.25, 0.3) is 11.1 Å². The van der Waals surface area contributed by atoms with E-state index in [2.05, 4.69) is 27.0 Å². The number of aliphatic hydroxyl groups excluding tert-OH is 1. The van der Waals surface area contributed by atoms with Gasteiger partial charge >= 0.3 is 0 Å². The van der Waals surface area contributed by atoms with Gasteiger partial charge < -0.3 is 19.7 Å². The summed E-state index contributed by atoms with van der Waals surface area (Å²) in [6.45, 7) is 8.27. The third-order valence-electron chi connectivity index (χ3n) is 7.97. The van der Waals surface area contributed by atoms with E-state index in [0.717, 1.165) is 63.5 Å². The van der Waals surface area contributed by atoms with Gasteiger partial charge in [0.2, 0.25) is 5.91 Å². The molecule has 0 aromatic carbocycles. The predicted molar refractivity (Wildman–Crippen MR) is 136 cm³/mol. The van der Waals surface area contributed by atoms with Crippen LogP contribution >= 0.6 is 0 Å². The van der Waals surface area contributed by atoms with Gasteiger partial charge in [-0.25, -0.2) is 0 Å². The molecule has 0 bridgehead atoms. The predicted octanol–water partition coefficient (Wildman–Crippen LogP) is 1.12. The standard InChI is InChI=1S/C27H37N5O4/c1-2-10-31-24-21(17-32-23(24)7-6-20(27(32)35)19-5-3-8-28-16-19)22(18-33)25(31)26(34)29-9-4-11-30-12-14-36-15-13-30/h3,5-8,16,21-22,24-25,33H,2,4,9-15,17-18H2,1H3,(H,29,34)/t21-,22-,24+,25-/m1/s1. The summed E-state index contributed by atoms with van der Waals surface area (Å²) in [6.07, 6.45) is 5.18. The molecule has 9 nitrogen and oxygen atoms in total. The maximum atomic E-state index is 13.4. The van der Waals surface area contributed by atoms with E-state index in [1.165, 1.54) is 0 Å². The number of nitrogens with one attached hydrogen (secondary N) is 1. The molecule has 0 radical (unpaired) electrons. The van der Waals surface area contributed by atoms with Gasteiger partial charge in [-0.05, 0) is 44.1 Å². The largest absolute Gasteiger partial charge is 0.396 e. The third-order valence-corrected chi connectivity index (χ3v) is 7.97. The number of fused-ring (bicyclic) bond motifs is 3. The number of nitrogens with zero attached hydrogens (tertiary/aromatic N) is 4. The lowest BCUT2D eigenvalue weighted by atomic mass is 9.88. The van der Waals surface area contributed by atoms with Crippen LogP contribution in [-0.4, -0.2) is 89.0 Å². The minimum atomic E-state index is -0.393. The molecule has 9 heteroatoms. The van der Waals surface area contributed by atoms with E-state index in [-0.39, 0.29) is 36.0 Å². The lowest BCUT2D eigenvalue weighted by molar-refractivity contribution is -0.127. The molecule has 2 aromatic heterocycles. The molecule has 4 atom stereocenters. The van der Waals surface area contributed by atoms with Crippen LogP contribution in [0.2, 0.25) is 0 Å². The van der Waals surface area contributed by atoms with E-state index in [1.54, 1.807) is 12.4 Å². The van der Waals surface area contributed by atoms with Gasteiger partial charge in [-0.15, -0.1) is 0 Å². The molecule has 3 aliphatic rings. The molecule has 0 saturated carbocycles. The second-order valence-corrected chi connectivity index (χ2v) is 10.1. The molecule has 0 aliphatic carbocycles. The molecule has 0 unspecified atom stereocenters. The van der Waals surface area contributed by atoms with Gasteiger partial charge in [0.15, 0.2) is 0 Å². The number of hydrogen-bond acceptors (Lipinski definition) is 7. The molecule has 2 N–H and O–H groups in total. The van der Waals surface area contributed by atoms with E-state index in [4.69, 9.17) is 4.74 Å². The van der Waals surface area contributed by atoms with E-state index >= 15 is 0 Å². The van der Waals surface area contributed by atoms with Crippen molar-refractivity contribution in [2.24, 2.45) is 11.8 Å². The van der Waals surface area contributed by atoms with Crippen molar-refractivity contribution in [1.29, 1.82) is 0 Å². The lowest BCUT2D eigenvalue weighted by Gasteiger charge is -2.31. The number of ether oxygens (including phenoxy) is 1. The highest BCUT2D eigenvalue weighted by atomic mass is 16.5. The lowest BCUT2D eigenvalue weighted by Crippen LogP contribution is -2.49. The number of carbonyl (C=O) groups excluding carboxylic acids is 1. The first-order valence-corrected chi connectivity index (χ1v) is 13.2. The monoisotopic (exact) mass is 495 g/mol. The number of hydrogen-bond donors (Lipinski definition) is 2. The molecule has 194 valence electrons. The van der Waals surface area contributed by atoms with Gasteiger partial charge in [0.1, 0.15) is 0 Å². The van der Waals surface area contributed by atoms with E-state index < -0.39 is 6.04 Å². The number of rotatable bonds is 9. The second-order valence-electron chi connectivity index (χ2n) is 10.1. The minimum absolute atomic E-state index is 0.0141. The van der Waals surface area contributed by atoms with Gasteiger partial charge in [-0.2, -0.15) is 0 Å². The summed E-state index contributed by atoms with van der Waals surface area (Å²) < 4.78 is 7.25. The Bertz CT molecular complexity index is 1100. The maximum Gasteiger partial charge on any atom is 0.258 e. The molecule has 2 saturated heterocycles. The Morgan fingerprint density at radius 2 is 2.06 bits per heavy atom. The quantitative estimate of drug-likeness (QED) is 0.503. The molecular weight excluding hydrogens is 458 g/mol. The molecule has 36 heavy (non-hydrogen) atoms. The highest BCUT2D eigenvalue weighted by molar-refractivity contribution is 5.82. The van der Waals surface area contributed by atoms with Crippen LogP contribution in [0.4, 0.5) is 0 Å². The topological polar surface area (TPSA) is 99.9 Å². The van der Waals surface area contributed by atoms with Gasteiger partial charge in [0.05, 0.1) is 25.3 Å². The van der Waals surface area contributed by atoms with Crippen molar-refractivity contribution in [3.63, 3.8) is 0 Å². The minimum Gasteiger partial charge on any atom is -0.396 e. The summed E-state index contributed by atoms with van der Waals surface area (Å²) in [5.41, 5.74) is 2.33. The van der Waals surface area contributed by atoms with E-state index in [0.29, 0.717) is 18.7 Å². The fraction of sp³-hybridized carbons (Fsp3) is 0.593. The van der Waals surface area contributed by atoms with Crippen molar-refractivity contribution in [3.05, 3.63) is 52.7 Å². The van der Waals surface area contributed by atoms with Crippen molar-refractivity contribution >= 4 is 5.91 Å².